The fourth-order valence-electron chi connectivity index (χ4n) is 1.55. The Morgan fingerprint density at radius 3 is 2.75 bits per heavy atom. The minimum absolute atomic E-state index is 0. The van der Waals surface area contributed by atoms with E-state index < -0.39 is 0 Å². The third-order valence-corrected chi connectivity index (χ3v) is 2.43. The van der Waals surface area contributed by atoms with Gasteiger partial charge in [-0.05, 0) is 24.6 Å². The molecule has 114 valence electrons. The summed E-state index contributed by atoms with van der Waals surface area (Å²) in [5.41, 5.74) is 7.11. The highest BCUT2D eigenvalue weighted by Gasteiger charge is 2.01. The van der Waals surface area contributed by atoms with Crippen LogP contribution < -0.4 is 11.1 Å². The monoisotopic (exact) mass is 302 g/mol. The summed E-state index contributed by atoms with van der Waals surface area (Å²) in [7, 11) is 0. The molecule has 1 rings (SSSR count). The summed E-state index contributed by atoms with van der Waals surface area (Å²) in [5.74, 6) is -0.0723. The second-order valence-corrected chi connectivity index (χ2v) is 4.04. The van der Waals surface area contributed by atoms with Gasteiger partial charge in [-0.15, -0.1) is 12.4 Å². The molecule has 0 aliphatic rings. The molecule has 6 heteroatoms. The van der Waals surface area contributed by atoms with Crippen LogP contribution in [0.5, 0.6) is 0 Å². The number of ether oxygens (including phenoxy) is 2. The number of anilines is 1. The van der Waals surface area contributed by atoms with E-state index in [0.29, 0.717) is 39.4 Å². The normalized spacial score (nSPS) is 9.90. The van der Waals surface area contributed by atoms with Crippen LogP contribution in [0.1, 0.15) is 18.9 Å². The second kappa shape index (κ2) is 11.7. The summed E-state index contributed by atoms with van der Waals surface area (Å²) < 4.78 is 10.7. The minimum Gasteiger partial charge on any atom is -0.379 e. The van der Waals surface area contributed by atoms with E-state index in [0.717, 1.165) is 11.3 Å². The Morgan fingerprint density at radius 2 is 2.05 bits per heavy atom. The highest BCUT2D eigenvalue weighted by atomic mass is 35.5. The van der Waals surface area contributed by atoms with Gasteiger partial charge in [0.1, 0.15) is 0 Å². The van der Waals surface area contributed by atoms with Crippen molar-refractivity contribution < 1.29 is 14.3 Å². The Hall–Kier alpha value is -1.14. The summed E-state index contributed by atoms with van der Waals surface area (Å²) in [6.45, 7) is 4.68. The number of carbonyl (C=O) groups excluding carboxylic acids is 1. The molecule has 0 saturated heterocycles. The van der Waals surface area contributed by atoms with Crippen LogP contribution in [0.15, 0.2) is 24.3 Å². The number of carbonyl (C=O) groups is 1. The molecule has 5 nitrogen and oxygen atoms in total. The smallest absolute Gasteiger partial charge is 0.225 e. The average Bonchev–Trinajstić information content (AvgIpc) is 2.39. The van der Waals surface area contributed by atoms with Crippen molar-refractivity contribution in [3.8, 4) is 0 Å². The SMILES string of the molecule is CCOCCOCc1cccc(NC(=O)CCN)c1.Cl. The van der Waals surface area contributed by atoms with Gasteiger partial charge in [0, 0.05) is 25.3 Å². The van der Waals surface area contributed by atoms with Gasteiger partial charge < -0.3 is 20.5 Å². The molecule has 0 aliphatic carbocycles. The summed E-state index contributed by atoms with van der Waals surface area (Å²) in [4.78, 5) is 11.4. The predicted octanol–water partition coefficient (Wildman–Crippen LogP) is 1.95. The first-order valence-electron chi connectivity index (χ1n) is 6.50. The largest absolute Gasteiger partial charge is 0.379 e. The van der Waals surface area contributed by atoms with Crippen LogP contribution in [-0.4, -0.2) is 32.3 Å². The molecule has 0 saturated carbocycles. The van der Waals surface area contributed by atoms with Gasteiger partial charge in [0.25, 0.3) is 0 Å². The van der Waals surface area contributed by atoms with Gasteiger partial charge in [0.2, 0.25) is 5.91 Å². The molecule has 0 bridgehead atoms. The number of benzene rings is 1. The zero-order chi connectivity index (χ0) is 13.9. The van der Waals surface area contributed by atoms with E-state index >= 15 is 0 Å². The number of hydrogen-bond donors (Lipinski definition) is 2. The topological polar surface area (TPSA) is 73.6 Å². The lowest BCUT2D eigenvalue weighted by Gasteiger charge is -2.08. The fraction of sp³-hybridized carbons (Fsp3) is 0.500. The first-order valence-corrected chi connectivity index (χ1v) is 6.50. The van der Waals surface area contributed by atoms with Crippen molar-refractivity contribution in [3.05, 3.63) is 29.8 Å². The van der Waals surface area contributed by atoms with Gasteiger partial charge in [-0.1, -0.05) is 12.1 Å². The quantitative estimate of drug-likeness (QED) is 0.684. The lowest BCUT2D eigenvalue weighted by atomic mass is 10.2. The first-order chi connectivity index (χ1) is 9.26. The van der Waals surface area contributed by atoms with Gasteiger partial charge in [-0.25, -0.2) is 0 Å². The van der Waals surface area contributed by atoms with E-state index in [1.807, 2.05) is 31.2 Å². The number of amides is 1. The summed E-state index contributed by atoms with van der Waals surface area (Å²) in [6.07, 6.45) is 0.328. The number of hydrogen-bond acceptors (Lipinski definition) is 4. The molecule has 3 N–H and O–H groups in total. The highest BCUT2D eigenvalue weighted by Crippen LogP contribution is 2.11. The second-order valence-electron chi connectivity index (χ2n) is 4.04. The molecule has 1 aromatic carbocycles. The van der Waals surface area contributed by atoms with E-state index in [1.54, 1.807) is 0 Å². The number of rotatable bonds is 9. The summed E-state index contributed by atoms with van der Waals surface area (Å²) >= 11 is 0. The lowest BCUT2D eigenvalue weighted by molar-refractivity contribution is -0.116. The number of nitrogens with one attached hydrogen (secondary N) is 1. The molecule has 1 aromatic rings. The lowest BCUT2D eigenvalue weighted by Crippen LogP contribution is -2.16. The van der Waals surface area contributed by atoms with Crippen LogP contribution in [0.4, 0.5) is 5.69 Å². The minimum atomic E-state index is -0.0723. The summed E-state index contributed by atoms with van der Waals surface area (Å²) in [5, 5.41) is 2.79. The van der Waals surface area contributed by atoms with Gasteiger partial charge in [0.15, 0.2) is 0 Å². The third-order valence-electron chi connectivity index (χ3n) is 2.43. The fourth-order valence-corrected chi connectivity index (χ4v) is 1.55. The molecule has 1 amide bonds. The van der Waals surface area contributed by atoms with Gasteiger partial charge >= 0.3 is 0 Å². The number of nitrogens with two attached hydrogens (primary N) is 1. The van der Waals surface area contributed by atoms with Gasteiger partial charge in [-0.2, -0.15) is 0 Å². The van der Waals surface area contributed by atoms with Crippen LogP contribution in [-0.2, 0) is 20.9 Å². The predicted molar refractivity (Wildman–Crippen MR) is 82.1 cm³/mol. The molecule has 0 atom stereocenters. The Labute approximate surface area is 126 Å². The summed E-state index contributed by atoms with van der Waals surface area (Å²) in [6, 6.07) is 7.59. The van der Waals surface area contributed by atoms with E-state index in [4.69, 9.17) is 15.2 Å². The van der Waals surface area contributed by atoms with Crippen LogP contribution in [0.3, 0.4) is 0 Å². The van der Waals surface area contributed by atoms with Crippen molar-refractivity contribution >= 4 is 24.0 Å². The number of halogens is 1. The van der Waals surface area contributed by atoms with E-state index in [1.165, 1.54) is 0 Å². The Kier molecular flexibility index (Phi) is 11.0. The molecular weight excluding hydrogens is 280 g/mol. The molecule has 0 spiro atoms. The molecule has 0 aliphatic heterocycles. The zero-order valence-corrected chi connectivity index (χ0v) is 12.6. The molecule has 20 heavy (non-hydrogen) atoms. The van der Waals surface area contributed by atoms with Crippen molar-refractivity contribution in [1.82, 2.24) is 0 Å². The zero-order valence-electron chi connectivity index (χ0n) is 11.8. The Bertz CT molecular complexity index is 388. The molecule has 0 unspecified atom stereocenters. The maximum Gasteiger partial charge on any atom is 0.225 e. The third kappa shape index (κ3) is 8.12. The standard InChI is InChI=1S/C14H22N2O3.ClH/c1-2-18-8-9-19-11-12-4-3-5-13(10-12)16-14(17)6-7-15;/h3-5,10H,2,6-9,11,15H2,1H3,(H,16,17);1H. The van der Waals surface area contributed by atoms with Gasteiger partial charge in [0.05, 0.1) is 19.8 Å². The maximum absolute atomic E-state index is 11.4. The Morgan fingerprint density at radius 1 is 1.30 bits per heavy atom. The van der Waals surface area contributed by atoms with Crippen molar-refractivity contribution in [2.45, 2.75) is 20.0 Å². The molecule has 0 fully saturated rings. The highest BCUT2D eigenvalue weighted by molar-refractivity contribution is 5.90. The first kappa shape index (κ1) is 18.9. The molecular formula is C14H23ClN2O3. The molecule has 0 heterocycles. The van der Waals surface area contributed by atoms with Crippen molar-refractivity contribution in [1.29, 1.82) is 0 Å². The molecule has 0 radical (unpaired) electrons. The maximum atomic E-state index is 11.4. The van der Waals surface area contributed by atoms with E-state index in [-0.39, 0.29) is 18.3 Å². The van der Waals surface area contributed by atoms with E-state index in [9.17, 15) is 4.79 Å². The van der Waals surface area contributed by atoms with Crippen LogP contribution >= 0.6 is 12.4 Å². The van der Waals surface area contributed by atoms with Gasteiger partial charge in [-0.3, -0.25) is 4.79 Å². The van der Waals surface area contributed by atoms with Crippen LogP contribution in [0.25, 0.3) is 0 Å². The van der Waals surface area contributed by atoms with Crippen molar-refractivity contribution in [2.75, 3.05) is 31.7 Å². The van der Waals surface area contributed by atoms with E-state index in [2.05, 4.69) is 5.32 Å². The Balaban J connectivity index is 0.00000361. The van der Waals surface area contributed by atoms with Crippen molar-refractivity contribution in [3.63, 3.8) is 0 Å². The van der Waals surface area contributed by atoms with Crippen LogP contribution in [0.2, 0.25) is 0 Å². The molecule has 0 aromatic heterocycles. The average molecular weight is 303 g/mol. The van der Waals surface area contributed by atoms with Crippen molar-refractivity contribution in [2.24, 2.45) is 5.73 Å². The van der Waals surface area contributed by atoms with Crippen LogP contribution in [0, 0.1) is 0 Å².